The molecule has 156 valence electrons. The van der Waals surface area contributed by atoms with Gasteiger partial charge < -0.3 is 14.8 Å². The zero-order valence-electron chi connectivity index (χ0n) is 15.9. The van der Waals surface area contributed by atoms with Crippen molar-refractivity contribution >= 4 is 39.0 Å². The molecule has 0 atom stereocenters. The number of rotatable bonds is 7. The van der Waals surface area contributed by atoms with E-state index in [-0.39, 0.29) is 28.5 Å². The molecule has 0 radical (unpaired) electrons. The van der Waals surface area contributed by atoms with Crippen molar-refractivity contribution in [2.45, 2.75) is 4.90 Å². The standard InChI is InChI=1S/C19H17ClN4O5S/c1-28-17-11-16(22-19(23-17)29-2)24-30(26,27)15-9-7-14(8-10-15)21-18(25)12-3-5-13(20)6-4-12/h3-11H,1-2H3,(H,21,25)(H,22,23,24). The number of hydrogen-bond acceptors (Lipinski definition) is 7. The highest BCUT2D eigenvalue weighted by atomic mass is 35.5. The molecule has 30 heavy (non-hydrogen) atoms. The maximum atomic E-state index is 12.6. The van der Waals surface area contributed by atoms with Crippen LogP contribution in [0.3, 0.4) is 0 Å². The minimum absolute atomic E-state index is 0.0150. The number of anilines is 2. The highest BCUT2D eigenvalue weighted by molar-refractivity contribution is 7.92. The van der Waals surface area contributed by atoms with E-state index in [0.29, 0.717) is 16.3 Å². The van der Waals surface area contributed by atoms with Crippen LogP contribution in [0.2, 0.25) is 5.02 Å². The molecule has 0 fully saturated rings. The smallest absolute Gasteiger partial charge is 0.321 e. The van der Waals surface area contributed by atoms with Crippen molar-refractivity contribution in [2.24, 2.45) is 0 Å². The van der Waals surface area contributed by atoms with Crippen LogP contribution in [-0.4, -0.2) is 38.5 Å². The molecule has 2 N–H and O–H groups in total. The van der Waals surface area contributed by atoms with Gasteiger partial charge in [-0.15, -0.1) is 0 Å². The minimum Gasteiger partial charge on any atom is -0.481 e. The molecule has 0 aliphatic rings. The summed E-state index contributed by atoms with van der Waals surface area (Å²) in [4.78, 5) is 20.1. The number of nitrogens with zero attached hydrogens (tertiary/aromatic N) is 2. The van der Waals surface area contributed by atoms with Crippen molar-refractivity contribution < 1.29 is 22.7 Å². The maximum Gasteiger partial charge on any atom is 0.321 e. The first-order valence-electron chi connectivity index (χ1n) is 8.47. The van der Waals surface area contributed by atoms with E-state index < -0.39 is 10.0 Å². The van der Waals surface area contributed by atoms with Gasteiger partial charge in [0.1, 0.15) is 0 Å². The topological polar surface area (TPSA) is 120 Å². The van der Waals surface area contributed by atoms with Gasteiger partial charge in [-0.2, -0.15) is 9.97 Å². The van der Waals surface area contributed by atoms with Crippen molar-refractivity contribution in [1.29, 1.82) is 0 Å². The van der Waals surface area contributed by atoms with E-state index in [2.05, 4.69) is 20.0 Å². The molecule has 0 saturated heterocycles. The lowest BCUT2D eigenvalue weighted by Crippen LogP contribution is -2.15. The van der Waals surface area contributed by atoms with Gasteiger partial charge in [0.25, 0.3) is 15.9 Å². The molecule has 11 heteroatoms. The molecule has 0 aliphatic carbocycles. The second-order valence-corrected chi connectivity index (χ2v) is 7.99. The number of nitrogens with one attached hydrogen (secondary N) is 2. The molecular formula is C19H17ClN4O5S. The quantitative estimate of drug-likeness (QED) is 0.569. The Morgan fingerprint density at radius 2 is 1.63 bits per heavy atom. The van der Waals surface area contributed by atoms with Crippen molar-refractivity contribution in [3.63, 3.8) is 0 Å². The van der Waals surface area contributed by atoms with Crippen molar-refractivity contribution in [1.82, 2.24) is 9.97 Å². The Balaban J connectivity index is 1.74. The van der Waals surface area contributed by atoms with E-state index in [1.54, 1.807) is 24.3 Å². The summed E-state index contributed by atoms with van der Waals surface area (Å²) in [5.74, 6) is -0.223. The predicted octanol–water partition coefficient (Wildman–Crippen LogP) is 3.20. The molecule has 1 amide bonds. The summed E-state index contributed by atoms with van der Waals surface area (Å²) in [6.45, 7) is 0. The molecule has 2 aromatic carbocycles. The van der Waals surface area contributed by atoms with Crippen LogP contribution in [0.15, 0.2) is 59.5 Å². The van der Waals surface area contributed by atoms with Crippen LogP contribution < -0.4 is 19.5 Å². The van der Waals surface area contributed by atoms with Gasteiger partial charge in [-0.1, -0.05) is 11.6 Å². The number of benzene rings is 2. The van der Waals surface area contributed by atoms with Crippen LogP contribution in [0, 0.1) is 0 Å². The Morgan fingerprint density at radius 1 is 0.967 bits per heavy atom. The highest BCUT2D eigenvalue weighted by Crippen LogP contribution is 2.22. The summed E-state index contributed by atoms with van der Waals surface area (Å²) in [6, 6.07) is 13.3. The number of aromatic nitrogens is 2. The van der Waals surface area contributed by atoms with Gasteiger partial charge in [0.15, 0.2) is 5.82 Å². The fourth-order valence-electron chi connectivity index (χ4n) is 2.37. The second-order valence-electron chi connectivity index (χ2n) is 5.87. The van der Waals surface area contributed by atoms with E-state index in [9.17, 15) is 13.2 Å². The van der Waals surface area contributed by atoms with Crippen LogP contribution in [-0.2, 0) is 10.0 Å². The Labute approximate surface area is 178 Å². The second kappa shape index (κ2) is 8.97. The van der Waals surface area contributed by atoms with Gasteiger partial charge in [0, 0.05) is 22.3 Å². The first-order valence-corrected chi connectivity index (χ1v) is 10.3. The van der Waals surface area contributed by atoms with E-state index in [0.717, 1.165) is 0 Å². The molecule has 0 unspecified atom stereocenters. The zero-order chi connectivity index (χ0) is 21.7. The Hall–Kier alpha value is -3.37. The maximum absolute atomic E-state index is 12.6. The summed E-state index contributed by atoms with van der Waals surface area (Å²) in [7, 11) is -1.21. The Morgan fingerprint density at radius 3 is 2.23 bits per heavy atom. The van der Waals surface area contributed by atoms with Gasteiger partial charge >= 0.3 is 6.01 Å². The fourth-order valence-corrected chi connectivity index (χ4v) is 3.49. The van der Waals surface area contributed by atoms with E-state index >= 15 is 0 Å². The SMILES string of the molecule is COc1cc(NS(=O)(=O)c2ccc(NC(=O)c3ccc(Cl)cc3)cc2)nc(OC)n1. The van der Waals surface area contributed by atoms with Gasteiger partial charge in [-0.25, -0.2) is 8.42 Å². The molecule has 0 bridgehead atoms. The van der Waals surface area contributed by atoms with Gasteiger partial charge in [0.05, 0.1) is 19.1 Å². The molecule has 0 spiro atoms. The summed E-state index contributed by atoms with van der Waals surface area (Å²) >= 11 is 5.81. The van der Waals surface area contributed by atoms with Crippen LogP contribution in [0.25, 0.3) is 0 Å². The van der Waals surface area contributed by atoms with Crippen LogP contribution in [0.1, 0.15) is 10.4 Å². The number of amides is 1. The summed E-state index contributed by atoms with van der Waals surface area (Å²) < 4.78 is 37.5. The van der Waals surface area contributed by atoms with Crippen molar-refractivity contribution in [3.05, 3.63) is 65.2 Å². The number of sulfonamides is 1. The number of hydrogen-bond donors (Lipinski definition) is 2. The first-order chi connectivity index (χ1) is 14.3. The lowest BCUT2D eigenvalue weighted by atomic mass is 10.2. The normalized spacial score (nSPS) is 10.9. The third-order valence-corrected chi connectivity index (χ3v) is 5.46. The number of halogens is 1. The Kier molecular flexibility index (Phi) is 6.38. The third-order valence-electron chi connectivity index (χ3n) is 3.84. The lowest BCUT2D eigenvalue weighted by molar-refractivity contribution is 0.102. The fraction of sp³-hybridized carbons (Fsp3) is 0.105. The number of ether oxygens (including phenoxy) is 2. The lowest BCUT2D eigenvalue weighted by Gasteiger charge is -2.10. The first kappa shape index (κ1) is 21.3. The van der Waals surface area contributed by atoms with Gasteiger partial charge in [0.2, 0.25) is 5.88 Å². The molecule has 3 aromatic rings. The third kappa shape index (κ3) is 5.16. The molecule has 1 aromatic heterocycles. The number of carbonyl (C=O) groups is 1. The average Bonchev–Trinajstić information content (AvgIpc) is 2.74. The molecule has 0 saturated carbocycles. The predicted molar refractivity (Wildman–Crippen MR) is 112 cm³/mol. The summed E-state index contributed by atoms with van der Waals surface area (Å²) in [6.07, 6.45) is 0. The molecule has 0 aliphatic heterocycles. The van der Waals surface area contributed by atoms with E-state index in [1.165, 1.54) is 44.6 Å². The highest BCUT2D eigenvalue weighted by Gasteiger charge is 2.17. The monoisotopic (exact) mass is 448 g/mol. The zero-order valence-corrected chi connectivity index (χ0v) is 17.5. The number of carbonyl (C=O) groups excluding carboxylic acids is 1. The van der Waals surface area contributed by atoms with E-state index in [1.807, 2.05) is 0 Å². The Bertz CT molecular complexity index is 1130. The van der Waals surface area contributed by atoms with Crippen molar-refractivity contribution in [3.8, 4) is 11.9 Å². The van der Waals surface area contributed by atoms with Gasteiger partial charge in [-0.05, 0) is 48.5 Å². The summed E-state index contributed by atoms with van der Waals surface area (Å²) in [5.41, 5.74) is 0.851. The van der Waals surface area contributed by atoms with Crippen LogP contribution in [0.5, 0.6) is 11.9 Å². The average molecular weight is 449 g/mol. The van der Waals surface area contributed by atoms with Gasteiger partial charge in [-0.3, -0.25) is 9.52 Å². The molecule has 9 nitrogen and oxygen atoms in total. The van der Waals surface area contributed by atoms with Crippen molar-refractivity contribution in [2.75, 3.05) is 24.3 Å². The largest absolute Gasteiger partial charge is 0.481 e. The molecule has 1 heterocycles. The van der Waals surface area contributed by atoms with E-state index in [4.69, 9.17) is 21.1 Å². The summed E-state index contributed by atoms with van der Waals surface area (Å²) in [5, 5.41) is 3.21. The number of methoxy groups -OCH3 is 2. The molecule has 3 rings (SSSR count). The van der Waals surface area contributed by atoms with Crippen LogP contribution >= 0.6 is 11.6 Å². The van der Waals surface area contributed by atoms with Crippen LogP contribution in [0.4, 0.5) is 11.5 Å². The minimum atomic E-state index is -3.94. The molecular weight excluding hydrogens is 432 g/mol.